The molecule has 3 heteroatoms. The Morgan fingerprint density at radius 2 is 1.89 bits per heavy atom. The second kappa shape index (κ2) is 6.43. The Hall–Kier alpha value is -1.74. The van der Waals surface area contributed by atoms with Crippen molar-refractivity contribution in [2.75, 3.05) is 6.54 Å². The zero-order chi connectivity index (χ0) is 13.7. The Bertz CT molecular complexity index is 513. The average Bonchev–Trinajstić information content (AvgIpc) is 2.46. The van der Waals surface area contributed by atoms with Gasteiger partial charge in [-0.15, -0.1) is 0 Å². The molecule has 0 aliphatic rings. The maximum Gasteiger partial charge on any atom is 0.128 e. The summed E-state index contributed by atoms with van der Waals surface area (Å²) < 4.78 is 14.0. The number of nitrogens with one attached hydrogen (secondary N) is 1. The van der Waals surface area contributed by atoms with Crippen molar-refractivity contribution in [3.8, 4) is 0 Å². The van der Waals surface area contributed by atoms with Crippen LogP contribution >= 0.6 is 0 Å². The predicted octanol–water partition coefficient (Wildman–Crippen LogP) is 3.68. The molecule has 2 unspecified atom stereocenters. The van der Waals surface area contributed by atoms with Crippen molar-refractivity contribution in [2.45, 2.75) is 25.8 Å². The summed E-state index contributed by atoms with van der Waals surface area (Å²) in [7, 11) is 0. The first-order valence-electron chi connectivity index (χ1n) is 6.62. The summed E-state index contributed by atoms with van der Waals surface area (Å²) in [6.45, 7) is 4.89. The van der Waals surface area contributed by atoms with E-state index in [9.17, 15) is 4.39 Å². The maximum absolute atomic E-state index is 14.0. The van der Waals surface area contributed by atoms with Gasteiger partial charge >= 0.3 is 0 Å². The zero-order valence-corrected chi connectivity index (χ0v) is 11.3. The third-order valence-electron chi connectivity index (χ3n) is 3.32. The minimum Gasteiger partial charge on any atom is -0.310 e. The van der Waals surface area contributed by atoms with E-state index in [4.69, 9.17) is 0 Å². The van der Waals surface area contributed by atoms with Crippen LogP contribution in [-0.4, -0.2) is 11.5 Å². The third kappa shape index (κ3) is 3.18. The van der Waals surface area contributed by atoms with Crippen LogP contribution in [0, 0.1) is 5.82 Å². The molecule has 1 aromatic carbocycles. The van der Waals surface area contributed by atoms with Crippen molar-refractivity contribution in [3.05, 3.63) is 65.7 Å². The second-order valence-corrected chi connectivity index (χ2v) is 4.60. The van der Waals surface area contributed by atoms with Gasteiger partial charge in [-0.3, -0.25) is 4.98 Å². The van der Waals surface area contributed by atoms with Crippen LogP contribution in [0.15, 0.2) is 48.7 Å². The molecule has 0 aliphatic carbocycles. The van der Waals surface area contributed by atoms with Crippen LogP contribution in [0.2, 0.25) is 0 Å². The highest BCUT2D eigenvalue weighted by molar-refractivity contribution is 5.25. The molecule has 100 valence electrons. The number of hydrogen-bond donors (Lipinski definition) is 1. The smallest absolute Gasteiger partial charge is 0.128 e. The van der Waals surface area contributed by atoms with E-state index in [1.165, 1.54) is 6.07 Å². The van der Waals surface area contributed by atoms with Gasteiger partial charge < -0.3 is 5.32 Å². The van der Waals surface area contributed by atoms with Crippen LogP contribution in [0.3, 0.4) is 0 Å². The number of aromatic nitrogens is 1. The molecule has 1 heterocycles. The zero-order valence-electron chi connectivity index (χ0n) is 11.3. The largest absolute Gasteiger partial charge is 0.310 e. The molecular weight excluding hydrogens is 239 g/mol. The number of pyridine rings is 1. The van der Waals surface area contributed by atoms with Gasteiger partial charge in [0, 0.05) is 29.4 Å². The molecule has 0 saturated heterocycles. The van der Waals surface area contributed by atoms with Gasteiger partial charge in [-0.25, -0.2) is 4.39 Å². The molecule has 1 N–H and O–H groups in total. The molecule has 0 fully saturated rings. The first-order chi connectivity index (χ1) is 9.24. The monoisotopic (exact) mass is 258 g/mol. The van der Waals surface area contributed by atoms with E-state index in [1.807, 2.05) is 37.3 Å². The SMILES string of the molecule is CCNC(c1ccccc1F)C(C)c1ccccn1. The maximum atomic E-state index is 14.0. The Kier molecular flexibility index (Phi) is 4.63. The highest BCUT2D eigenvalue weighted by atomic mass is 19.1. The predicted molar refractivity (Wildman–Crippen MR) is 75.5 cm³/mol. The topological polar surface area (TPSA) is 24.9 Å². The van der Waals surface area contributed by atoms with Crippen molar-refractivity contribution in [1.29, 1.82) is 0 Å². The Labute approximate surface area is 113 Å². The van der Waals surface area contributed by atoms with E-state index in [0.717, 1.165) is 12.2 Å². The number of rotatable bonds is 5. The fourth-order valence-electron chi connectivity index (χ4n) is 2.32. The molecule has 2 atom stereocenters. The van der Waals surface area contributed by atoms with Gasteiger partial charge in [0.15, 0.2) is 0 Å². The lowest BCUT2D eigenvalue weighted by molar-refractivity contribution is 0.450. The Morgan fingerprint density at radius 3 is 2.53 bits per heavy atom. The van der Waals surface area contributed by atoms with Crippen LogP contribution in [0.1, 0.15) is 37.1 Å². The number of halogens is 1. The van der Waals surface area contributed by atoms with E-state index in [1.54, 1.807) is 12.3 Å². The summed E-state index contributed by atoms with van der Waals surface area (Å²) in [6, 6.07) is 12.7. The number of nitrogens with zero attached hydrogens (tertiary/aromatic N) is 1. The Balaban J connectivity index is 2.33. The highest BCUT2D eigenvalue weighted by Crippen LogP contribution is 2.30. The minimum absolute atomic E-state index is 0.0684. The van der Waals surface area contributed by atoms with Crippen LogP contribution < -0.4 is 5.32 Å². The molecule has 0 radical (unpaired) electrons. The van der Waals surface area contributed by atoms with Crippen LogP contribution in [0.25, 0.3) is 0 Å². The summed E-state index contributed by atoms with van der Waals surface area (Å²) in [5.41, 5.74) is 1.67. The molecule has 0 amide bonds. The van der Waals surface area contributed by atoms with Crippen LogP contribution in [-0.2, 0) is 0 Å². The Morgan fingerprint density at radius 1 is 1.16 bits per heavy atom. The quantitative estimate of drug-likeness (QED) is 0.885. The van der Waals surface area contributed by atoms with Crippen LogP contribution in [0.5, 0.6) is 0 Å². The van der Waals surface area contributed by atoms with E-state index in [-0.39, 0.29) is 17.8 Å². The summed E-state index contributed by atoms with van der Waals surface area (Å²) in [4.78, 5) is 4.37. The van der Waals surface area contributed by atoms with Crippen molar-refractivity contribution in [3.63, 3.8) is 0 Å². The lowest BCUT2D eigenvalue weighted by Gasteiger charge is -2.25. The highest BCUT2D eigenvalue weighted by Gasteiger charge is 2.23. The molecular formula is C16H19FN2. The van der Waals surface area contributed by atoms with Crippen LogP contribution in [0.4, 0.5) is 4.39 Å². The van der Waals surface area contributed by atoms with E-state index in [0.29, 0.717) is 5.56 Å². The third-order valence-corrected chi connectivity index (χ3v) is 3.32. The van der Waals surface area contributed by atoms with Crippen molar-refractivity contribution >= 4 is 0 Å². The molecule has 0 aliphatic heterocycles. The van der Waals surface area contributed by atoms with E-state index < -0.39 is 0 Å². The van der Waals surface area contributed by atoms with Gasteiger partial charge in [0.25, 0.3) is 0 Å². The van der Waals surface area contributed by atoms with Gasteiger partial charge in [-0.05, 0) is 24.7 Å². The summed E-state index contributed by atoms with van der Waals surface area (Å²) in [5.74, 6) is -0.0609. The van der Waals surface area contributed by atoms with Crippen molar-refractivity contribution < 1.29 is 4.39 Å². The molecule has 1 aromatic heterocycles. The summed E-state index contributed by atoms with van der Waals surface area (Å²) in [6.07, 6.45) is 1.77. The van der Waals surface area contributed by atoms with E-state index in [2.05, 4.69) is 17.2 Å². The van der Waals surface area contributed by atoms with Gasteiger partial charge in [-0.2, -0.15) is 0 Å². The average molecular weight is 258 g/mol. The minimum atomic E-state index is -0.170. The number of hydrogen-bond acceptors (Lipinski definition) is 2. The molecule has 0 spiro atoms. The molecule has 0 saturated carbocycles. The normalized spacial score (nSPS) is 14.1. The van der Waals surface area contributed by atoms with Gasteiger partial charge in [0.05, 0.1) is 0 Å². The molecule has 2 aromatic rings. The van der Waals surface area contributed by atoms with Gasteiger partial charge in [-0.1, -0.05) is 38.1 Å². The lowest BCUT2D eigenvalue weighted by atomic mass is 9.91. The van der Waals surface area contributed by atoms with Gasteiger partial charge in [0.1, 0.15) is 5.82 Å². The number of likely N-dealkylation sites (N-methyl/N-ethyl adjacent to an activating group) is 1. The fourth-order valence-corrected chi connectivity index (χ4v) is 2.32. The van der Waals surface area contributed by atoms with Crippen molar-refractivity contribution in [2.24, 2.45) is 0 Å². The second-order valence-electron chi connectivity index (χ2n) is 4.60. The van der Waals surface area contributed by atoms with Gasteiger partial charge in [0.2, 0.25) is 0 Å². The van der Waals surface area contributed by atoms with E-state index >= 15 is 0 Å². The molecule has 19 heavy (non-hydrogen) atoms. The summed E-state index contributed by atoms with van der Waals surface area (Å²) >= 11 is 0. The first-order valence-corrected chi connectivity index (χ1v) is 6.62. The number of benzene rings is 1. The summed E-state index contributed by atoms with van der Waals surface area (Å²) in [5, 5.41) is 3.36. The molecule has 0 bridgehead atoms. The van der Waals surface area contributed by atoms with Crippen molar-refractivity contribution in [1.82, 2.24) is 10.3 Å². The molecule has 2 nitrogen and oxygen atoms in total. The molecule has 2 rings (SSSR count). The standard InChI is InChI=1S/C16H19FN2/c1-3-18-16(13-8-4-5-9-14(13)17)12(2)15-10-6-7-11-19-15/h4-12,16,18H,3H2,1-2H3. The fraction of sp³-hybridized carbons (Fsp3) is 0.312. The first kappa shape index (κ1) is 13.7. The lowest BCUT2D eigenvalue weighted by Crippen LogP contribution is -2.27.